The Hall–Kier alpha value is -1.41. The first-order valence-electron chi connectivity index (χ1n) is 8.26. The molecule has 1 atom stereocenters. The molecular formula is C18H20ClNO4S2. The largest absolute Gasteiger partial charge is 0.383 e. The van der Waals surface area contributed by atoms with Gasteiger partial charge < -0.3 is 9.64 Å². The van der Waals surface area contributed by atoms with Crippen LogP contribution in [0, 0.1) is 0 Å². The van der Waals surface area contributed by atoms with Crippen LogP contribution in [0.1, 0.15) is 11.3 Å². The van der Waals surface area contributed by atoms with Crippen LogP contribution in [-0.2, 0) is 19.4 Å². The molecule has 0 radical (unpaired) electrons. The topological polar surface area (TPSA) is 63.7 Å². The predicted molar refractivity (Wildman–Crippen MR) is 107 cm³/mol. The Kier molecular flexibility index (Phi) is 6.02. The van der Waals surface area contributed by atoms with E-state index in [2.05, 4.69) is 0 Å². The standard InChI is InChI=1S/C18H20ClNO4S2/c1-24-10-9-20(13-8-11-26(22,23)12-13)17(21)7-6-16-18(19)14-4-2-3-5-15(14)25-16/h2-7,13H,8-12H2,1H3/b7-6+. The number of hydrogen-bond donors (Lipinski definition) is 0. The van der Waals surface area contributed by atoms with E-state index in [0.717, 1.165) is 15.0 Å². The number of thiophene rings is 1. The van der Waals surface area contributed by atoms with Crippen LogP contribution in [0.5, 0.6) is 0 Å². The normalized spacial score (nSPS) is 19.4. The van der Waals surface area contributed by atoms with Crippen molar-refractivity contribution in [3.8, 4) is 0 Å². The second-order valence-corrected chi connectivity index (χ2v) is 9.88. The van der Waals surface area contributed by atoms with E-state index in [1.54, 1.807) is 18.1 Å². The van der Waals surface area contributed by atoms with Gasteiger partial charge in [0.15, 0.2) is 9.84 Å². The number of carbonyl (C=O) groups is 1. The number of ether oxygens (including phenoxy) is 1. The molecule has 8 heteroatoms. The van der Waals surface area contributed by atoms with Crippen molar-refractivity contribution in [1.29, 1.82) is 0 Å². The summed E-state index contributed by atoms with van der Waals surface area (Å²) in [5.41, 5.74) is 0. The van der Waals surface area contributed by atoms with Crippen LogP contribution in [0.15, 0.2) is 30.3 Å². The molecule has 26 heavy (non-hydrogen) atoms. The Balaban J connectivity index is 1.80. The van der Waals surface area contributed by atoms with E-state index < -0.39 is 9.84 Å². The van der Waals surface area contributed by atoms with Gasteiger partial charge in [-0.2, -0.15) is 0 Å². The zero-order valence-corrected chi connectivity index (χ0v) is 16.7. The van der Waals surface area contributed by atoms with Crippen molar-refractivity contribution in [2.24, 2.45) is 0 Å². The Labute approximate surface area is 162 Å². The SMILES string of the molecule is COCCN(C(=O)/C=C/c1sc2ccccc2c1Cl)C1CCS(=O)(=O)C1. The molecule has 1 aromatic heterocycles. The Morgan fingerprint density at radius 3 is 2.85 bits per heavy atom. The van der Waals surface area contributed by atoms with Gasteiger partial charge in [-0.05, 0) is 18.6 Å². The summed E-state index contributed by atoms with van der Waals surface area (Å²) in [5.74, 6) is -0.0853. The molecule has 2 aromatic rings. The second-order valence-electron chi connectivity index (χ2n) is 6.19. The molecule has 0 N–H and O–H groups in total. The number of benzene rings is 1. The smallest absolute Gasteiger partial charge is 0.246 e. The van der Waals surface area contributed by atoms with Crippen LogP contribution in [0.3, 0.4) is 0 Å². The van der Waals surface area contributed by atoms with Crippen molar-refractivity contribution in [3.63, 3.8) is 0 Å². The van der Waals surface area contributed by atoms with Gasteiger partial charge >= 0.3 is 0 Å². The third-order valence-electron chi connectivity index (χ3n) is 4.41. The van der Waals surface area contributed by atoms with Gasteiger partial charge in [0.2, 0.25) is 5.91 Å². The molecule has 1 unspecified atom stereocenters. The molecule has 1 fully saturated rings. The van der Waals surface area contributed by atoms with E-state index in [4.69, 9.17) is 16.3 Å². The monoisotopic (exact) mass is 413 g/mol. The highest BCUT2D eigenvalue weighted by atomic mass is 35.5. The first-order chi connectivity index (χ1) is 12.4. The van der Waals surface area contributed by atoms with Crippen LogP contribution in [0.25, 0.3) is 16.2 Å². The number of methoxy groups -OCH3 is 1. The van der Waals surface area contributed by atoms with Crippen LogP contribution in [0.2, 0.25) is 5.02 Å². The maximum absolute atomic E-state index is 12.7. The summed E-state index contributed by atoms with van der Waals surface area (Å²) in [6.07, 6.45) is 3.64. The number of hydrogen-bond acceptors (Lipinski definition) is 5. The molecule has 1 saturated heterocycles. The molecule has 1 aromatic carbocycles. The molecule has 1 aliphatic rings. The van der Waals surface area contributed by atoms with Crippen molar-refractivity contribution < 1.29 is 17.9 Å². The molecular weight excluding hydrogens is 394 g/mol. The zero-order chi connectivity index (χ0) is 18.7. The zero-order valence-electron chi connectivity index (χ0n) is 14.4. The van der Waals surface area contributed by atoms with Crippen molar-refractivity contribution in [3.05, 3.63) is 40.2 Å². The number of rotatable bonds is 6. The third kappa shape index (κ3) is 4.28. The highest BCUT2D eigenvalue weighted by Crippen LogP contribution is 2.36. The number of carbonyl (C=O) groups excluding carboxylic acids is 1. The van der Waals surface area contributed by atoms with E-state index in [1.165, 1.54) is 17.4 Å². The minimum atomic E-state index is -3.07. The van der Waals surface area contributed by atoms with E-state index >= 15 is 0 Å². The van der Waals surface area contributed by atoms with Gasteiger partial charge in [0, 0.05) is 40.7 Å². The Morgan fingerprint density at radius 1 is 1.42 bits per heavy atom. The number of halogens is 1. The maximum atomic E-state index is 12.7. The van der Waals surface area contributed by atoms with Gasteiger partial charge in [0.25, 0.3) is 0 Å². The third-order valence-corrected chi connectivity index (χ3v) is 7.81. The molecule has 2 heterocycles. The van der Waals surface area contributed by atoms with E-state index in [1.807, 2.05) is 24.3 Å². The second kappa shape index (κ2) is 8.08. The van der Waals surface area contributed by atoms with Crippen LogP contribution in [0.4, 0.5) is 0 Å². The van der Waals surface area contributed by atoms with Crippen molar-refractivity contribution in [1.82, 2.24) is 4.90 Å². The lowest BCUT2D eigenvalue weighted by molar-refractivity contribution is -0.128. The average Bonchev–Trinajstić information content (AvgIpc) is 3.13. The van der Waals surface area contributed by atoms with Crippen LogP contribution in [-0.4, -0.2) is 57.0 Å². The lowest BCUT2D eigenvalue weighted by Gasteiger charge is -2.26. The Morgan fingerprint density at radius 2 is 2.19 bits per heavy atom. The molecule has 5 nitrogen and oxygen atoms in total. The van der Waals surface area contributed by atoms with E-state index in [-0.39, 0.29) is 23.5 Å². The van der Waals surface area contributed by atoms with Gasteiger partial charge in [0.05, 0.1) is 23.1 Å². The quantitative estimate of drug-likeness (QED) is 0.682. The van der Waals surface area contributed by atoms with Crippen molar-refractivity contribution in [2.45, 2.75) is 12.5 Å². The summed E-state index contributed by atoms with van der Waals surface area (Å²) in [7, 11) is -1.51. The molecule has 1 aliphatic heterocycles. The number of fused-ring (bicyclic) bond motifs is 1. The minimum absolute atomic E-state index is 0.0138. The highest BCUT2D eigenvalue weighted by Gasteiger charge is 2.33. The summed E-state index contributed by atoms with van der Waals surface area (Å²) in [6, 6.07) is 7.50. The first-order valence-corrected chi connectivity index (χ1v) is 11.3. The summed E-state index contributed by atoms with van der Waals surface area (Å²) in [6.45, 7) is 0.722. The van der Waals surface area contributed by atoms with E-state index in [9.17, 15) is 13.2 Å². The number of amides is 1. The van der Waals surface area contributed by atoms with Crippen LogP contribution >= 0.6 is 22.9 Å². The number of sulfone groups is 1. The molecule has 140 valence electrons. The summed E-state index contributed by atoms with van der Waals surface area (Å²) in [5, 5.41) is 1.59. The fraction of sp³-hybridized carbons (Fsp3) is 0.389. The van der Waals surface area contributed by atoms with Gasteiger partial charge in [0.1, 0.15) is 0 Å². The van der Waals surface area contributed by atoms with Gasteiger partial charge in [-0.15, -0.1) is 11.3 Å². The highest BCUT2D eigenvalue weighted by molar-refractivity contribution is 7.91. The van der Waals surface area contributed by atoms with Crippen molar-refractivity contribution >= 4 is 54.8 Å². The molecule has 1 amide bonds. The molecule has 0 aliphatic carbocycles. The summed E-state index contributed by atoms with van der Waals surface area (Å²) < 4.78 is 29.7. The fourth-order valence-corrected chi connectivity index (χ4v) is 6.20. The predicted octanol–water partition coefficient (Wildman–Crippen LogP) is 3.23. The molecule has 0 saturated carbocycles. The van der Waals surface area contributed by atoms with Crippen molar-refractivity contribution in [2.75, 3.05) is 31.8 Å². The number of nitrogens with zero attached hydrogens (tertiary/aromatic N) is 1. The summed E-state index contributed by atoms with van der Waals surface area (Å²) in [4.78, 5) is 15.1. The minimum Gasteiger partial charge on any atom is -0.383 e. The maximum Gasteiger partial charge on any atom is 0.246 e. The fourth-order valence-electron chi connectivity index (χ4n) is 3.07. The average molecular weight is 414 g/mol. The molecule has 0 bridgehead atoms. The Bertz CT molecular complexity index is 936. The first kappa shape index (κ1) is 19.4. The van der Waals surface area contributed by atoms with Crippen LogP contribution < -0.4 is 0 Å². The van der Waals surface area contributed by atoms with Gasteiger partial charge in [-0.1, -0.05) is 29.8 Å². The summed E-state index contributed by atoms with van der Waals surface area (Å²) >= 11 is 7.92. The van der Waals surface area contributed by atoms with Gasteiger partial charge in [-0.3, -0.25) is 4.79 Å². The van der Waals surface area contributed by atoms with E-state index in [0.29, 0.717) is 24.6 Å². The molecule has 0 spiro atoms. The lowest BCUT2D eigenvalue weighted by atomic mass is 10.2. The van der Waals surface area contributed by atoms with Gasteiger partial charge in [-0.25, -0.2) is 8.42 Å². The lowest BCUT2D eigenvalue weighted by Crippen LogP contribution is -2.42. The molecule has 3 rings (SSSR count).